The molecule has 2 aliphatic carbocycles. The summed E-state index contributed by atoms with van der Waals surface area (Å²) in [5, 5.41) is 26.6. The molecule has 24 nitrogen and oxygen atoms in total. The highest BCUT2D eigenvalue weighted by Gasteiger charge is 2.51. The van der Waals surface area contributed by atoms with Crippen molar-refractivity contribution in [1.29, 1.82) is 0 Å². The average molecular weight is 1250 g/mol. The van der Waals surface area contributed by atoms with Crippen molar-refractivity contribution in [2.45, 2.75) is 132 Å². The van der Waals surface area contributed by atoms with Gasteiger partial charge in [0.05, 0.1) is 79.0 Å². The number of amides is 1. The molecule has 1 amide bonds. The van der Waals surface area contributed by atoms with Crippen LogP contribution in [0.4, 0.5) is 34.3 Å². The molecule has 6 aromatic rings. The summed E-state index contributed by atoms with van der Waals surface area (Å²) in [6, 6.07) is 20.7. The van der Waals surface area contributed by atoms with Crippen molar-refractivity contribution >= 4 is 61.2 Å². The maximum absolute atomic E-state index is 15.0. The average Bonchev–Trinajstić information content (AvgIpc) is 0.943. The highest BCUT2D eigenvalue weighted by atomic mass is 32.2. The first kappa shape index (κ1) is 60.0. The molecule has 2 saturated carbocycles. The second-order valence-electron chi connectivity index (χ2n) is 26.3. The maximum Gasteiger partial charge on any atom is 0.300 e. The van der Waals surface area contributed by atoms with Crippen LogP contribution in [0.25, 0.3) is 11.0 Å². The molecule has 478 valence electrons. The van der Waals surface area contributed by atoms with Gasteiger partial charge in [0.2, 0.25) is 11.8 Å². The van der Waals surface area contributed by atoms with Gasteiger partial charge in [0.15, 0.2) is 22.3 Å². The summed E-state index contributed by atoms with van der Waals surface area (Å²) in [4.78, 5) is 56.2. The molecule has 6 aliphatic heterocycles. The second kappa shape index (κ2) is 24.2. The topological polar surface area (TPSA) is 265 Å². The Morgan fingerprint density at radius 1 is 0.889 bits per heavy atom. The zero-order valence-corrected chi connectivity index (χ0v) is 52.3. The quantitative estimate of drug-likeness (QED) is 0.0558. The van der Waals surface area contributed by atoms with Gasteiger partial charge >= 0.3 is 5.69 Å². The number of carbonyl (C=O) groups excluding carboxylic acids is 1. The van der Waals surface area contributed by atoms with Crippen molar-refractivity contribution < 1.29 is 51.7 Å². The molecule has 8 aliphatic rings. The first-order valence-electron chi connectivity index (χ1n) is 31.9. The number of carbonyl (C=O) groups is 1. The van der Waals surface area contributed by atoms with E-state index in [1.54, 1.807) is 26.3 Å². The van der Waals surface area contributed by atoms with Gasteiger partial charge < -0.3 is 58.5 Å². The van der Waals surface area contributed by atoms with Gasteiger partial charge in [0.1, 0.15) is 29.8 Å². The number of benzene rings is 2. The number of H-pyrrole nitrogens is 1. The number of hydrogen-bond donors (Lipinski definition) is 4. The van der Waals surface area contributed by atoms with Crippen LogP contribution in [0.5, 0.6) is 23.3 Å². The molecule has 1 spiro atoms. The van der Waals surface area contributed by atoms with Crippen LogP contribution in [0.3, 0.4) is 0 Å². The molecule has 0 unspecified atom stereocenters. The fraction of sp³-hybridized carbons (Fsp3) is 0.538. The summed E-state index contributed by atoms with van der Waals surface area (Å²) in [5.41, 5.74) is 3.69. The van der Waals surface area contributed by atoms with E-state index in [1.807, 2.05) is 30.5 Å². The van der Waals surface area contributed by atoms with Crippen molar-refractivity contribution in [3.8, 4) is 23.3 Å². The lowest BCUT2D eigenvalue weighted by Gasteiger charge is -2.58. The Morgan fingerprint density at radius 3 is 2.47 bits per heavy atom. The van der Waals surface area contributed by atoms with Gasteiger partial charge in [-0.3, -0.25) is 24.7 Å². The molecular weight excluding hydrogens is 1170 g/mol. The van der Waals surface area contributed by atoms with Crippen LogP contribution in [-0.2, 0) is 26.0 Å². The number of aliphatic hydroxyl groups is 1. The van der Waals surface area contributed by atoms with E-state index in [-0.39, 0.29) is 65.9 Å². The Bertz CT molecular complexity index is 3780. The normalized spacial score (nSPS) is 25.5. The number of nitrogens with one attached hydrogen (secondary N) is 3. The van der Waals surface area contributed by atoms with E-state index in [2.05, 4.69) is 88.7 Å². The van der Waals surface area contributed by atoms with Crippen LogP contribution in [0.1, 0.15) is 106 Å². The summed E-state index contributed by atoms with van der Waals surface area (Å²) in [6.07, 6.45) is 10.4. The van der Waals surface area contributed by atoms with Gasteiger partial charge in [-0.05, 0) is 138 Å². The number of aromatic amines is 1. The third-order valence-electron chi connectivity index (χ3n) is 20.1. The summed E-state index contributed by atoms with van der Waals surface area (Å²) < 4.78 is 67.8. The number of nitro groups is 1. The Hall–Kier alpha value is -7.55. The van der Waals surface area contributed by atoms with Crippen LogP contribution < -0.4 is 43.7 Å². The van der Waals surface area contributed by atoms with Crippen molar-refractivity contribution in [3.63, 3.8) is 0 Å². The minimum absolute atomic E-state index is 0.0178. The number of aromatic nitrogens is 4. The van der Waals surface area contributed by atoms with Crippen LogP contribution >= 0.6 is 0 Å². The number of anilines is 5. The molecule has 10 heterocycles. The first-order valence-corrected chi connectivity index (χ1v) is 33.3. The number of sulfonamides is 1. The summed E-state index contributed by atoms with van der Waals surface area (Å²) in [6.45, 7) is 14.5. The van der Waals surface area contributed by atoms with Gasteiger partial charge in [-0.1, -0.05) is 18.2 Å². The minimum Gasteiger partial charge on any atom is -0.493 e. The zero-order chi connectivity index (χ0) is 62.1. The van der Waals surface area contributed by atoms with Crippen molar-refractivity contribution in [2.75, 3.05) is 106 Å². The molecule has 2 aromatic carbocycles. The lowest BCUT2D eigenvalue weighted by atomic mass is 9.59. The molecule has 90 heavy (non-hydrogen) atoms. The number of piperidine rings is 1. The highest BCUT2D eigenvalue weighted by Crippen LogP contribution is 2.54. The number of para-hydroxylation sites is 1. The number of morpholine rings is 1. The van der Waals surface area contributed by atoms with E-state index in [9.17, 15) is 23.6 Å². The molecule has 4 N–H and O–H groups in total. The number of nitrogens with zero attached hydrogens (tertiary/aromatic N) is 9. The van der Waals surface area contributed by atoms with E-state index >= 15 is 4.79 Å². The standard InChI is InChI=1S/C65H80N12O12S/c1-40(2)88-54-8-6-5-7-46(54)53-37-72(36-41-29-55(84-4)60(67-35-41)74-24-27-85-28-25-74)22-23-75(53)45-33-65(34-45)17-20-73(21-18-65)44-9-10-47(50(31-44)76-49-14-26-86-39-56(49)89-62-52(76)30-43-13-19-66-59(43)70-62)61(78)71-90(82,83)57-32-51(77(80)81)58-63(69-57)87-38-48(68-58)42-11-15-64(3,79)16-12-42/h5-10,13,19,29-32,35,40,42,45,48-49,53,56,68,79H,11-12,14-18,20-28,33-34,36-39H2,1-4H3,(H,66,70)(H,71,78)/t42?,48-,49+,53-,56+,64?/m1/s1. The third kappa shape index (κ3) is 11.8. The molecule has 0 radical (unpaired) electrons. The van der Waals surface area contributed by atoms with Crippen LogP contribution in [0.2, 0.25) is 0 Å². The number of rotatable bonds is 15. The van der Waals surface area contributed by atoms with Crippen LogP contribution in [0.15, 0.2) is 84.1 Å². The first-order chi connectivity index (χ1) is 43.5. The molecule has 25 heteroatoms. The lowest BCUT2D eigenvalue weighted by Crippen LogP contribution is -2.59. The Balaban J connectivity index is 0.718. The third-order valence-corrected chi connectivity index (χ3v) is 21.3. The number of piperazine rings is 1. The minimum atomic E-state index is -4.86. The molecule has 4 atom stereocenters. The smallest absolute Gasteiger partial charge is 0.300 e. The lowest BCUT2D eigenvalue weighted by molar-refractivity contribution is -0.384. The molecule has 0 bridgehead atoms. The van der Waals surface area contributed by atoms with Gasteiger partial charge in [0.25, 0.3) is 15.9 Å². The van der Waals surface area contributed by atoms with Crippen LogP contribution in [0, 0.1) is 21.4 Å². The SMILES string of the molecule is COc1cc(CN2CCN(C3CC4(CCN(c5ccc(C(=O)NS(=O)(=O)c6cc([N+](=O)[O-])c7c(n6)OC[C@H](C6CCC(C)(O)CC6)N7)c(N6c7cc8cc[nH]c8nc7O[C@H]7COCC[C@@H]76)c5)CC4)C3)[C@@H](c3ccccc3OC(C)C)C2)cnc1N1CCOCC1. The molecule has 4 saturated heterocycles. The number of hydrogen-bond acceptors (Lipinski definition) is 21. The Labute approximate surface area is 523 Å². The number of fused-ring (bicyclic) bond motifs is 4. The van der Waals surface area contributed by atoms with E-state index < -0.39 is 43.3 Å². The number of ether oxygens (including phenoxy) is 6. The summed E-state index contributed by atoms with van der Waals surface area (Å²) >= 11 is 0. The fourth-order valence-electron chi connectivity index (χ4n) is 15.2. The van der Waals surface area contributed by atoms with Gasteiger partial charge in [-0.2, -0.15) is 18.4 Å². The second-order valence-corrected chi connectivity index (χ2v) is 28.0. The summed E-state index contributed by atoms with van der Waals surface area (Å²) in [5.74, 6) is 1.74. The van der Waals surface area contributed by atoms with Crippen molar-refractivity contribution in [2.24, 2.45) is 11.3 Å². The largest absolute Gasteiger partial charge is 0.493 e. The van der Waals surface area contributed by atoms with Crippen molar-refractivity contribution in [1.82, 2.24) is 34.5 Å². The number of pyridine rings is 3. The van der Waals surface area contributed by atoms with E-state index in [4.69, 9.17) is 38.4 Å². The Morgan fingerprint density at radius 2 is 1.69 bits per heavy atom. The van der Waals surface area contributed by atoms with E-state index in [1.165, 1.54) is 5.56 Å². The van der Waals surface area contributed by atoms with Gasteiger partial charge in [0, 0.05) is 94.0 Å². The Kier molecular flexibility index (Phi) is 16.2. The monoisotopic (exact) mass is 1250 g/mol. The van der Waals surface area contributed by atoms with Crippen LogP contribution in [-0.4, -0.2) is 176 Å². The van der Waals surface area contributed by atoms with Gasteiger partial charge in [-0.25, -0.2) is 9.71 Å². The number of methoxy groups -OCH3 is 1. The highest BCUT2D eigenvalue weighted by molar-refractivity contribution is 7.90. The summed E-state index contributed by atoms with van der Waals surface area (Å²) in [7, 11) is -3.15. The molecule has 14 rings (SSSR count). The fourth-order valence-corrected chi connectivity index (χ4v) is 16.2. The van der Waals surface area contributed by atoms with Crippen molar-refractivity contribution in [3.05, 3.63) is 106 Å². The predicted octanol–water partition coefficient (Wildman–Crippen LogP) is 8.12. The zero-order valence-electron chi connectivity index (χ0n) is 51.5. The molecular formula is C65H80N12O12S. The predicted molar refractivity (Wildman–Crippen MR) is 337 cm³/mol. The maximum atomic E-state index is 15.0. The molecule has 6 fully saturated rings. The van der Waals surface area contributed by atoms with E-state index in [0.29, 0.717) is 80.9 Å². The van der Waals surface area contributed by atoms with E-state index in [0.717, 1.165) is 118 Å². The molecule has 4 aromatic heterocycles. The van der Waals surface area contributed by atoms with Gasteiger partial charge in [-0.15, -0.1) is 0 Å².